The predicted octanol–water partition coefficient (Wildman–Crippen LogP) is 5.69. The maximum Gasteiger partial charge on any atom is 0.119 e. The Kier molecular flexibility index (Phi) is 6.14. The van der Waals surface area contributed by atoms with Crippen molar-refractivity contribution in [2.24, 2.45) is 5.92 Å². The molecule has 2 aromatic rings. The van der Waals surface area contributed by atoms with Crippen molar-refractivity contribution in [1.82, 2.24) is 0 Å². The molecule has 0 aliphatic rings. The molecule has 0 atom stereocenters. The number of rotatable bonds is 7. The van der Waals surface area contributed by atoms with E-state index in [4.69, 9.17) is 16.3 Å². The van der Waals surface area contributed by atoms with Gasteiger partial charge in [-0.2, -0.15) is 0 Å². The van der Waals surface area contributed by atoms with Crippen molar-refractivity contribution in [3.63, 3.8) is 0 Å². The van der Waals surface area contributed by atoms with Gasteiger partial charge < -0.3 is 10.1 Å². The van der Waals surface area contributed by atoms with Crippen LogP contribution in [0.4, 0.5) is 5.69 Å². The van der Waals surface area contributed by atoms with E-state index in [0.29, 0.717) is 5.92 Å². The van der Waals surface area contributed by atoms with Gasteiger partial charge in [-0.3, -0.25) is 0 Å². The topological polar surface area (TPSA) is 21.3 Å². The molecule has 0 unspecified atom stereocenters. The maximum atomic E-state index is 6.14. The molecule has 0 aliphatic carbocycles. The summed E-state index contributed by atoms with van der Waals surface area (Å²) in [5.74, 6) is 1.60. The number of aryl methyl sites for hydroxylation is 1. The summed E-state index contributed by atoms with van der Waals surface area (Å²) >= 11 is 6.14. The van der Waals surface area contributed by atoms with E-state index in [1.54, 1.807) is 0 Å². The van der Waals surface area contributed by atoms with Crippen LogP contribution in [0.1, 0.15) is 31.4 Å². The van der Waals surface area contributed by atoms with E-state index in [9.17, 15) is 0 Å². The first-order chi connectivity index (χ1) is 10.5. The molecule has 1 N–H and O–H groups in total. The Hall–Kier alpha value is -1.67. The minimum atomic E-state index is 0.663. The number of benzene rings is 2. The van der Waals surface area contributed by atoms with Crippen molar-refractivity contribution < 1.29 is 4.74 Å². The average molecular weight is 318 g/mol. The van der Waals surface area contributed by atoms with E-state index in [0.717, 1.165) is 41.6 Å². The van der Waals surface area contributed by atoms with Crippen LogP contribution in [0.2, 0.25) is 5.02 Å². The Morgan fingerprint density at radius 3 is 2.68 bits per heavy atom. The van der Waals surface area contributed by atoms with Gasteiger partial charge in [-0.15, -0.1) is 0 Å². The molecule has 0 heterocycles. The van der Waals surface area contributed by atoms with Crippen LogP contribution in [-0.2, 0) is 6.54 Å². The number of halogens is 1. The van der Waals surface area contributed by atoms with Crippen LogP contribution in [0.3, 0.4) is 0 Å². The second-order valence-corrected chi connectivity index (χ2v) is 6.40. The van der Waals surface area contributed by atoms with Crippen LogP contribution in [-0.4, -0.2) is 6.61 Å². The van der Waals surface area contributed by atoms with Crippen LogP contribution in [0.15, 0.2) is 42.5 Å². The first-order valence-electron chi connectivity index (χ1n) is 7.76. The monoisotopic (exact) mass is 317 g/mol. The summed E-state index contributed by atoms with van der Waals surface area (Å²) in [6.45, 7) is 7.93. The quantitative estimate of drug-likeness (QED) is 0.708. The van der Waals surface area contributed by atoms with E-state index in [2.05, 4.69) is 31.3 Å². The van der Waals surface area contributed by atoms with Gasteiger partial charge in [0.05, 0.1) is 6.61 Å². The summed E-state index contributed by atoms with van der Waals surface area (Å²) < 4.78 is 5.80. The maximum absolute atomic E-state index is 6.14. The highest BCUT2D eigenvalue weighted by atomic mass is 35.5. The highest BCUT2D eigenvalue weighted by molar-refractivity contribution is 6.31. The van der Waals surface area contributed by atoms with Gasteiger partial charge in [0.25, 0.3) is 0 Å². The third-order valence-electron chi connectivity index (χ3n) is 3.53. The lowest BCUT2D eigenvalue weighted by molar-refractivity contribution is 0.289. The number of anilines is 1. The lowest BCUT2D eigenvalue weighted by atomic mass is 10.1. The van der Waals surface area contributed by atoms with Crippen molar-refractivity contribution >= 4 is 17.3 Å². The molecule has 2 nitrogen and oxygen atoms in total. The summed E-state index contributed by atoms with van der Waals surface area (Å²) in [6.07, 6.45) is 1.07. The summed E-state index contributed by atoms with van der Waals surface area (Å²) in [4.78, 5) is 0. The van der Waals surface area contributed by atoms with E-state index >= 15 is 0 Å². The standard InChI is InChI=1S/C19H24ClNO/c1-14(2)9-10-22-18-6-4-5-16(11-18)13-21-17-8-7-15(3)19(20)12-17/h4-8,11-12,14,21H,9-10,13H2,1-3H3. The molecule has 118 valence electrons. The molecule has 0 fully saturated rings. The van der Waals surface area contributed by atoms with Crippen LogP contribution in [0.25, 0.3) is 0 Å². The minimum Gasteiger partial charge on any atom is -0.494 e. The third kappa shape index (κ3) is 5.27. The summed E-state index contributed by atoms with van der Waals surface area (Å²) in [5.41, 5.74) is 3.31. The Morgan fingerprint density at radius 2 is 1.95 bits per heavy atom. The molecule has 0 spiro atoms. The predicted molar refractivity (Wildman–Crippen MR) is 94.9 cm³/mol. The van der Waals surface area contributed by atoms with Gasteiger partial charge in [0.1, 0.15) is 5.75 Å². The Balaban J connectivity index is 1.91. The zero-order valence-electron chi connectivity index (χ0n) is 13.5. The van der Waals surface area contributed by atoms with Gasteiger partial charge in [-0.25, -0.2) is 0 Å². The Bertz CT molecular complexity index is 610. The molecule has 0 amide bonds. The molecule has 0 saturated heterocycles. The SMILES string of the molecule is Cc1ccc(NCc2cccc(OCCC(C)C)c2)cc1Cl. The van der Waals surface area contributed by atoms with Gasteiger partial charge in [0.15, 0.2) is 0 Å². The fourth-order valence-corrected chi connectivity index (χ4v) is 2.25. The van der Waals surface area contributed by atoms with E-state index in [-0.39, 0.29) is 0 Å². The second-order valence-electron chi connectivity index (χ2n) is 6.00. The Labute approximate surface area is 138 Å². The normalized spacial score (nSPS) is 10.8. The highest BCUT2D eigenvalue weighted by Crippen LogP contribution is 2.21. The van der Waals surface area contributed by atoms with E-state index in [1.165, 1.54) is 5.56 Å². The molecule has 0 bridgehead atoms. The van der Waals surface area contributed by atoms with Crippen molar-refractivity contribution in [2.75, 3.05) is 11.9 Å². The molecule has 22 heavy (non-hydrogen) atoms. The first-order valence-corrected chi connectivity index (χ1v) is 8.14. The molecule has 0 aromatic heterocycles. The van der Waals surface area contributed by atoms with Gasteiger partial charge in [0, 0.05) is 17.3 Å². The molecule has 2 aromatic carbocycles. The average Bonchev–Trinajstić information content (AvgIpc) is 2.49. The molecule has 2 rings (SSSR count). The van der Waals surface area contributed by atoms with Crippen molar-refractivity contribution in [3.8, 4) is 5.75 Å². The molecular weight excluding hydrogens is 294 g/mol. The van der Waals surface area contributed by atoms with Gasteiger partial charge in [0.2, 0.25) is 0 Å². The number of hydrogen-bond donors (Lipinski definition) is 1. The van der Waals surface area contributed by atoms with Crippen molar-refractivity contribution in [2.45, 2.75) is 33.7 Å². The minimum absolute atomic E-state index is 0.663. The highest BCUT2D eigenvalue weighted by Gasteiger charge is 2.01. The van der Waals surface area contributed by atoms with Gasteiger partial charge in [-0.05, 0) is 54.7 Å². The van der Waals surface area contributed by atoms with Gasteiger partial charge >= 0.3 is 0 Å². The van der Waals surface area contributed by atoms with Crippen LogP contribution < -0.4 is 10.1 Å². The summed E-state index contributed by atoms with van der Waals surface area (Å²) in [7, 11) is 0. The summed E-state index contributed by atoms with van der Waals surface area (Å²) in [5, 5.41) is 4.18. The van der Waals surface area contributed by atoms with Crippen molar-refractivity contribution in [1.29, 1.82) is 0 Å². The number of hydrogen-bond acceptors (Lipinski definition) is 2. The fourth-order valence-electron chi connectivity index (χ4n) is 2.06. The van der Waals surface area contributed by atoms with Crippen molar-refractivity contribution in [3.05, 3.63) is 58.6 Å². The first kappa shape index (κ1) is 16.7. The smallest absolute Gasteiger partial charge is 0.119 e. The lowest BCUT2D eigenvalue weighted by Gasteiger charge is -2.11. The molecule has 0 aliphatic heterocycles. The molecule has 0 radical (unpaired) electrons. The zero-order valence-corrected chi connectivity index (χ0v) is 14.3. The molecular formula is C19H24ClNO. The molecule has 3 heteroatoms. The lowest BCUT2D eigenvalue weighted by Crippen LogP contribution is -2.03. The number of ether oxygens (including phenoxy) is 1. The Morgan fingerprint density at radius 1 is 1.14 bits per heavy atom. The molecule has 0 saturated carbocycles. The van der Waals surface area contributed by atoms with E-state index in [1.807, 2.05) is 37.3 Å². The number of nitrogens with one attached hydrogen (secondary N) is 1. The fraction of sp³-hybridized carbons (Fsp3) is 0.368. The van der Waals surface area contributed by atoms with Gasteiger partial charge in [-0.1, -0.05) is 43.6 Å². The summed E-state index contributed by atoms with van der Waals surface area (Å²) in [6, 6.07) is 14.2. The van der Waals surface area contributed by atoms with Crippen LogP contribution >= 0.6 is 11.6 Å². The van der Waals surface area contributed by atoms with E-state index < -0.39 is 0 Å². The third-order valence-corrected chi connectivity index (χ3v) is 3.94. The second kappa shape index (κ2) is 8.09. The van der Waals surface area contributed by atoms with Crippen LogP contribution in [0.5, 0.6) is 5.75 Å². The largest absolute Gasteiger partial charge is 0.494 e. The van der Waals surface area contributed by atoms with Crippen LogP contribution in [0, 0.1) is 12.8 Å². The zero-order chi connectivity index (χ0) is 15.9.